The molecular weight excluding hydrogens is 578 g/mol. The van der Waals surface area contributed by atoms with Crippen molar-refractivity contribution in [1.82, 2.24) is 18.9 Å². The van der Waals surface area contributed by atoms with Crippen LogP contribution in [0, 0.1) is 6.57 Å². The highest BCUT2D eigenvalue weighted by Gasteiger charge is 2.20. The summed E-state index contributed by atoms with van der Waals surface area (Å²) in [6, 6.07) is 47.8. The second-order valence-corrected chi connectivity index (χ2v) is 11.8. The number of hydrogen-bond acceptors (Lipinski definition) is 3. The Labute approximate surface area is 268 Å². The van der Waals surface area contributed by atoms with Crippen molar-refractivity contribution in [1.29, 1.82) is 0 Å². The lowest BCUT2D eigenvalue weighted by Gasteiger charge is -2.10. The normalized spacial score (nSPS) is 11.8. The van der Waals surface area contributed by atoms with Crippen LogP contribution in [0.3, 0.4) is 0 Å². The second kappa shape index (κ2) is 9.64. The van der Waals surface area contributed by atoms with E-state index in [9.17, 15) is 0 Å². The fourth-order valence-electron chi connectivity index (χ4n) is 7.03. The van der Waals surface area contributed by atoms with Crippen molar-refractivity contribution in [3.05, 3.63) is 151 Å². The van der Waals surface area contributed by atoms with Crippen LogP contribution in [0.2, 0.25) is 0 Å². The molecule has 4 heterocycles. The van der Waals surface area contributed by atoms with Gasteiger partial charge in [-0.3, -0.25) is 0 Å². The molecule has 0 atom stereocenters. The van der Waals surface area contributed by atoms with Crippen LogP contribution in [0.1, 0.15) is 0 Å². The topological polar surface area (TPSA) is 52.6 Å². The van der Waals surface area contributed by atoms with E-state index in [1.807, 2.05) is 65.1 Å². The monoisotopic (exact) mass is 601 g/mol. The molecule has 0 saturated carbocycles. The molecule has 10 aromatic rings. The molecule has 6 heteroatoms. The summed E-state index contributed by atoms with van der Waals surface area (Å²) in [5.41, 5.74) is 11.3. The van der Waals surface area contributed by atoms with Crippen molar-refractivity contribution in [2.24, 2.45) is 0 Å². The van der Waals surface area contributed by atoms with E-state index in [4.69, 9.17) is 21.0 Å². The number of pyridine rings is 1. The van der Waals surface area contributed by atoms with Crippen molar-refractivity contribution in [3.63, 3.8) is 0 Å². The van der Waals surface area contributed by atoms with Crippen molar-refractivity contribution < 1.29 is 4.42 Å². The van der Waals surface area contributed by atoms with Gasteiger partial charge in [-0.15, -0.1) is 0 Å². The SMILES string of the molecule is [C-]#[N+]c1ccc2c3cc(-c4cccc(-c5nc6c(nc7oc8ccccc8n76)c6ccccc56)c4)ccc3n(-c3ccccc3)c2c1. The zero-order chi connectivity index (χ0) is 31.1. The Morgan fingerprint density at radius 1 is 0.553 bits per heavy atom. The highest BCUT2D eigenvalue weighted by Crippen LogP contribution is 2.39. The number of benzene rings is 6. The highest BCUT2D eigenvalue weighted by molar-refractivity contribution is 6.12. The fourth-order valence-corrected chi connectivity index (χ4v) is 7.03. The van der Waals surface area contributed by atoms with Crippen LogP contribution >= 0.6 is 0 Å². The number of fused-ring (bicyclic) bond motifs is 10. The molecule has 0 fully saturated rings. The molecule has 0 unspecified atom stereocenters. The van der Waals surface area contributed by atoms with E-state index in [1.165, 1.54) is 0 Å². The van der Waals surface area contributed by atoms with Gasteiger partial charge in [0, 0.05) is 38.3 Å². The molecule has 0 N–H and O–H groups in total. The molecule has 6 nitrogen and oxygen atoms in total. The first kappa shape index (κ1) is 25.6. The van der Waals surface area contributed by atoms with Gasteiger partial charge in [0.1, 0.15) is 5.52 Å². The Hall–Kier alpha value is -6.71. The summed E-state index contributed by atoms with van der Waals surface area (Å²) in [5, 5.41) is 4.33. The van der Waals surface area contributed by atoms with E-state index in [0.717, 1.165) is 82.9 Å². The van der Waals surface area contributed by atoms with E-state index in [1.54, 1.807) is 0 Å². The van der Waals surface area contributed by atoms with Gasteiger partial charge >= 0.3 is 5.84 Å². The minimum atomic E-state index is 0.538. The van der Waals surface area contributed by atoms with E-state index in [2.05, 4.69) is 88.3 Å². The van der Waals surface area contributed by atoms with Crippen LogP contribution in [0.25, 0.3) is 93.6 Å². The summed E-state index contributed by atoms with van der Waals surface area (Å²) in [6.07, 6.45) is 0. The number of oxazole rings is 1. The van der Waals surface area contributed by atoms with Crippen LogP contribution < -0.4 is 0 Å². The Bertz CT molecular complexity index is 2920. The van der Waals surface area contributed by atoms with Gasteiger partial charge in [-0.25, -0.2) is 14.2 Å². The summed E-state index contributed by atoms with van der Waals surface area (Å²) in [4.78, 5) is 13.9. The van der Waals surface area contributed by atoms with Gasteiger partial charge < -0.3 is 8.98 Å². The van der Waals surface area contributed by atoms with Gasteiger partial charge in [-0.1, -0.05) is 91.0 Å². The minimum Gasteiger partial charge on any atom is -0.423 e. The lowest BCUT2D eigenvalue weighted by atomic mass is 9.97. The van der Waals surface area contributed by atoms with Gasteiger partial charge in [0.25, 0.3) is 0 Å². The third kappa shape index (κ3) is 3.71. The first-order valence-electron chi connectivity index (χ1n) is 15.5. The van der Waals surface area contributed by atoms with E-state index in [0.29, 0.717) is 11.5 Å². The molecule has 10 rings (SSSR count). The summed E-state index contributed by atoms with van der Waals surface area (Å²) < 4.78 is 10.4. The molecule has 0 spiro atoms. The lowest BCUT2D eigenvalue weighted by molar-refractivity contribution is 0.643. The van der Waals surface area contributed by atoms with Crippen LogP contribution in [0.5, 0.6) is 0 Å². The molecule has 218 valence electrons. The number of hydrogen-bond donors (Lipinski definition) is 0. The molecule has 6 aromatic carbocycles. The number of para-hydroxylation sites is 3. The van der Waals surface area contributed by atoms with Crippen LogP contribution in [-0.4, -0.2) is 18.9 Å². The Morgan fingerprint density at radius 2 is 1.34 bits per heavy atom. The lowest BCUT2D eigenvalue weighted by Crippen LogP contribution is -1.93. The largest absolute Gasteiger partial charge is 0.423 e. The fraction of sp³-hybridized carbons (Fsp3) is 0. The van der Waals surface area contributed by atoms with Crippen LogP contribution in [-0.2, 0) is 0 Å². The quantitative estimate of drug-likeness (QED) is 0.189. The molecular formula is C41H23N5O. The maximum Gasteiger partial charge on any atom is 0.309 e. The second-order valence-electron chi connectivity index (χ2n) is 11.8. The van der Waals surface area contributed by atoms with Crippen molar-refractivity contribution >= 4 is 66.4 Å². The maximum atomic E-state index is 7.62. The third-order valence-corrected chi connectivity index (χ3v) is 9.15. The van der Waals surface area contributed by atoms with E-state index < -0.39 is 0 Å². The molecule has 0 aliphatic heterocycles. The summed E-state index contributed by atoms with van der Waals surface area (Å²) in [7, 11) is 0. The Morgan fingerprint density at radius 3 is 2.23 bits per heavy atom. The zero-order valence-electron chi connectivity index (χ0n) is 24.9. The summed E-state index contributed by atoms with van der Waals surface area (Å²) in [5.74, 6) is 0.538. The maximum absolute atomic E-state index is 7.62. The smallest absolute Gasteiger partial charge is 0.309 e. The molecule has 0 aliphatic carbocycles. The molecule has 0 saturated heterocycles. The zero-order valence-corrected chi connectivity index (χ0v) is 24.9. The first-order chi connectivity index (χ1) is 23.2. The highest BCUT2D eigenvalue weighted by atomic mass is 16.4. The summed E-state index contributed by atoms with van der Waals surface area (Å²) >= 11 is 0. The van der Waals surface area contributed by atoms with E-state index >= 15 is 0 Å². The van der Waals surface area contributed by atoms with Gasteiger partial charge in [-0.2, -0.15) is 4.98 Å². The van der Waals surface area contributed by atoms with Gasteiger partial charge in [0.15, 0.2) is 16.9 Å². The average molecular weight is 602 g/mol. The van der Waals surface area contributed by atoms with Gasteiger partial charge in [0.05, 0.1) is 23.3 Å². The number of nitrogens with zero attached hydrogens (tertiary/aromatic N) is 5. The average Bonchev–Trinajstić information content (AvgIpc) is 3.79. The standard InChI is InChI=1S/C41H23N5O/c1-42-28-19-20-30-33-23-26(18-21-34(33)45(36(30)24-28)29-12-3-2-4-13-29)25-10-9-11-27(22-25)38-31-14-5-6-15-32(31)39-40(43-38)46-35-16-7-8-17-37(35)47-41(46)44-39/h2-24H. The number of rotatable bonds is 3. The van der Waals surface area contributed by atoms with Crippen molar-refractivity contribution in [2.45, 2.75) is 0 Å². The summed E-state index contributed by atoms with van der Waals surface area (Å²) in [6.45, 7) is 7.62. The van der Waals surface area contributed by atoms with Gasteiger partial charge in [0.2, 0.25) is 0 Å². The number of imidazole rings is 1. The van der Waals surface area contributed by atoms with Crippen LogP contribution in [0.4, 0.5) is 5.69 Å². The molecule has 4 aromatic heterocycles. The van der Waals surface area contributed by atoms with Gasteiger partial charge in [-0.05, 0) is 59.7 Å². The molecule has 0 amide bonds. The third-order valence-electron chi connectivity index (χ3n) is 9.15. The Kier molecular flexibility index (Phi) is 5.25. The number of aromatic nitrogens is 4. The van der Waals surface area contributed by atoms with Crippen LogP contribution in [0.15, 0.2) is 144 Å². The molecule has 47 heavy (non-hydrogen) atoms. The van der Waals surface area contributed by atoms with Crippen molar-refractivity contribution in [2.75, 3.05) is 0 Å². The minimum absolute atomic E-state index is 0.538. The Balaban J connectivity index is 1.19. The van der Waals surface area contributed by atoms with E-state index in [-0.39, 0.29) is 0 Å². The predicted octanol–water partition coefficient (Wildman–Crippen LogP) is 10.8. The predicted molar refractivity (Wildman–Crippen MR) is 189 cm³/mol. The molecule has 0 bridgehead atoms. The van der Waals surface area contributed by atoms with Crippen molar-refractivity contribution in [3.8, 4) is 28.1 Å². The molecule has 0 aliphatic rings. The first-order valence-corrected chi connectivity index (χ1v) is 15.5. The molecule has 0 radical (unpaired) electrons.